The monoisotopic (exact) mass is 478 g/mol. The summed E-state index contributed by atoms with van der Waals surface area (Å²) in [4.78, 5) is 48.4. The topological polar surface area (TPSA) is 127 Å². The minimum atomic E-state index is -2.28. The summed E-state index contributed by atoms with van der Waals surface area (Å²) in [5, 5.41) is 23.1. The Labute approximate surface area is 197 Å². The molecule has 9 heteroatoms. The van der Waals surface area contributed by atoms with E-state index in [4.69, 9.17) is 9.47 Å². The van der Waals surface area contributed by atoms with E-state index in [2.05, 4.69) is 0 Å². The number of ether oxygens (including phenoxy) is 2. The van der Waals surface area contributed by atoms with Gasteiger partial charge in [0.05, 0.1) is 6.10 Å². The SMILES string of the molecule is CC(=O)OCC(=O)[C@@]1(O)[C@H](OC(C)=O)C[C@H]2[C@H]3CCC4=CC(=O)C=C[C@]4(C)[C@@]3(F)[C@@H](O)C[C@@]21C. The van der Waals surface area contributed by atoms with Gasteiger partial charge in [0.15, 0.2) is 23.7 Å². The molecule has 8 nitrogen and oxygen atoms in total. The second-order valence-electron chi connectivity index (χ2n) is 10.6. The van der Waals surface area contributed by atoms with Crippen LogP contribution < -0.4 is 0 Å². The van der Waals surface area contributed by atoms with Crippen molar-refractivity contribution in [2.75, 3.05) is 6.61 Å². The highest BCUT2D eigenvalue weighted by molar-refractivity contribution is 6.01. The van der Waals surface area contributed by atoms with Crippen LogP contribution in [0, 0.1) is 22.7 Å². The lowest BCUT2D eigenvalue weighted by atomic mass is 9.44. The zero-order chi connectivity index (χ0) is 25.3. The van der Waals surface area contributed by atoms with Gasteiger partial charge in [-0.15, -0.1) is 0 Å². The second kappa shape index (κ2) is 7.81. The summed E-state index contributed by atoms with van der Waals surface area (Å²) >= 11 is 0. The molecule has 4 aliphatic rings. The number of aliphatic hydroxyl groups excluding tert-OH is 1. The maximum Gasteiger partial charge on any atom is 0.303 e. The Kier molecular flexibility index (Phi) is 5.68. The lowest BCUT2D eigenvalue weighted by molar-refractivity contribution is -0.224. The van der Waals surface area contributed by atoms with E-state index in [-0.39, 0.29) is 25.0 Å². The number of alkyl halides is 1. The maximum atomic E-state index is 17.2. The molecule has 0 aromatic rings. The maximum absolute atomic E-state index is 17.2. The standard InChI is InChI=1S/C25H31FO8/c1-13(27)33-12-20(31)25(32)21(34-14(2)28)10-18-17-6-5-15-9-16(29)7-8-22(15,3)24(17,26)19(30)11-23(18,25)4/h7-9,17-19,21,30,32H,5-6,10-12H2,1-4H3/t17-,18+,19+,21-,22+,23+,24+,25-/m1/s1. The summed E-state index contributed by atoms with van der Waals surface area (Å²) < 4.78 is 27.4. The molecule has 0 heterocycles. The van der Waals surface area contributed by atoms with Crippen molar-refractivity contribution in [1.29, 1.82) is 0 Å². The first kappa shape index (κ1) is 24.7. The molecular weight excluding hydrogens is 447 g/mol. The first-order chi connectivity index (χ1) is 15.7. The third-order valence-corrected chi connectivity index (χ3v) is 8.98. The fourth-order valence-electron chi connectivity index (χ4n) is 7.31. The predicted molar refractivity (Wildman–Crippen MR) is 116 cm³/mol. The fraction of sp³-hybridized carbons (Fsp3) is 0.680. The number of esters is 2. The summed E-state index contributed by atoms with van der Waals surface area (Å²) in [6.45, 7) is 4.80. The van der Waals surface area contributed by atoms with Gasteiger partial charge in [0.25, 0.3) is 0 Å². The number of fused-ring (bicyclic) bond motifs is 5. The molecule has 2 N–H and O–H groups in total. The summed E-state index contributed by atoms with van der Waals surface area (Å²) in [5.41, 5.74) is -6.42. The number of halogens is 1. The Morgan fingerprint density at radius 1 is 1.18 bits per heavy atom. The lowest BCUT2D eigenvalue weighted by Crippen LogP contribution is -2.70. The Balaban J connectivity index is 1.80. The van der Waals surface area contributed by atoms with E-state index in [0.717, 1.165) is 13.8 Å². The second-order valence-corrected chi connectivity index (χ2v) is 10.6. The van der Waals surface area contributed by atoms with E-state index >= 15 is 4.39 Å². The van der Waals surface area contributed by atoms with E-state index in [1.165, 1.54) is 18.2 Å². The number of allylic oxidation sites excluding steroid dienone is 4. The number of ketones is 2. The van der Waals surface area contributed by atoms with Crippen LogP contribution in [0.25, 0.3) is 0 Å². The summed E-state index contributed by atoms with van der Waals surface area (Å²) in [7, 11) is 0. The zero-order valence-corrected chi connectivity index (χ0v) is 19.8. The number of hydrogen-bond donors (Lipinski definition) is 2. The number of rotatable bonds is 4. The molecule has 0 saturated heterocycles. The molecule has 0 aromatic heterocycles. The largest absolute Gasteiger partial charge is 0.459 e. The van der Waals surface area contributed by atoms with Gasteiger partial charge < -0.3 is 19.7 Å². The molecule has 0 spiro atoms. The van der Waals surface area contributed by atoms with Crippen LogP contribution in [0.1, 0.15) is 53.4 Å². The third-order valence-electron chi connectivity index (χ3n) is 8.98. The molecule has 3 fully saturated rings. The Hall–Kier alpha value is -2.39. The van der Waals surface area contributed by atoms with E-state index < -0.39 is 70.5 Å². The number of carbonyl (C=O) groups excluding carboxylic acids is 4. The van der Waals surface area contributed by atoms with Gasteiger partial charge in [0, 0.05) is 30.6 Å². The highest BCUT2D eigenvalue weighted by Crippen LogP contribution is 2.70. The van der Waals surface area contributed by atoms with Crippen molar-refractivity contribution in [2.45, 2.75) is 76.9 Å². The van der Waals surface area contributed by atoms with Crippen LogP contribution in [0.4, 0.5) is 4.39 Å². The molecule has 4 rings (SSSR count). The van der Waals surface area contributed by atoms with Crippen molar-refractivity contribution in [1.82, 2.24) is 0 Å². The molecule has 4 aliphatic carbocycles. The molecule has 0 amide bonds. The number of aliphatic hydroxyl groups is 2. The van der Waals surface area contributed by atoms with Crippen molar-refractivity contribution in [3.63, 3.8) is 0 Å². The third kappa shape index (κ3) is 3.09. The number of hydrogen-bond acceptors (Lipinski definition) is 8. The smallest absolute Gasteiger partial charge is 0.303 e. The van der Waals surface area contributed by atoms with Crippen LogP contribution in [0.3, 0.4) is 0 Å². The molecule has 0 bridgehead atoms. The van der Waals surface area contributed by atoms with Crippen LogP contribution in [0.15, 0.2) is 23.8 Å². The van der Waals surface area contributed by atoms with Crippen molar-refractivity contribution in [2.24, 2.45) is 22.7 Å². The van der Waals surface area contributed by atoms with Gasteiger partial charge in [-0.1, -0.05) is 18.6 Å². The minimum Gasteiger partial charge on any atom is -0.459 e. The Morgan fingerprint density at radius 2 is 1.85 bits per heavy atom. The van der Waals surface area contributed by atoms with Crippen molar-refractivity contribution >= 4 is 23.5 Å². The van der Waals surface area contributed by atoms with E-state index in [1.54, 1.807) is 13.8 Å². The van der Waals surface area contributed by atoms with Crippen LogP contribution in [0.2, 0.25) is 0 Å². The predicted octanol–water partition coefficient (Wildman–Crippen LogP) is 1.76. The average molecular weight is 479 g/mol. The quantitative estimate of drug-likeness (QED) is 0.586. The normalized spacial score (nSPS) is 44.9. The van der Waals surface area contributed by atoms with Gasteiger partial charge in [-0.2, -0.15) is 0 Å². The molecule has 0 aromatic carbocycles. The van der Waals surface area contributed by atoms with E-state index in [0.29, 0.717) is 12.0 Å². The highest BCUT2D eigenvalue weighted by atomic mass is 19.1. The van der Waals surface area contributed by atoms with Gasteiger partial charge in [-0.3, -0.25) is 19.2 Å². The molecule has 34 heavy (non-hydrogen) atoms. The molecule has 0 radical (unpaired) electrons. The van der Waals surface area contributed by atoms with Crippen molar-refractivity contribution in [3.8, 4) is 0 Å². The highest BCUT2D eigenvalue weighted by Gasteiger charge is 2.77. The van der Waals surface area contributed by atoms with E-state index in [9.17, 15) is 29.4 Å². The van der Waals surface area contributed by atoms with Gasteiger partial charge in [0.2, 0.25) is 5.78 Å². The van der Waals surface area contributed by atoms with E-state index in [1.807, 2.05) is 0 Å². The van der Waals surface area contributed by atoms with Crippen LogP contribution in [-0.4, -0.2) is 63.8 Å². The summed E-state index contributed by atoms with van der Waals surface area (Å²) in [6.07, 6.45) is 1.82. The molecule has 0 unspecified atom stereocenters. The number of Topliss-reactive ketones (excluding diaryl/α,β-unsaturated/α-hetero) is 1. The molecule has 3 saturated carbocycles. The first-order valence-corrected chi connectivity index (χ1v) is 11.6. The lowest BCUT2D eigenvalue weighted by Gasteiger charge is -2.62. The van der Waals surface area contributed by atoms with Crippen molar-refractivity contribution in [3.05, 3.63) is 23.8 Å². The van der Waals surface area contributed by atoms with Gasteiger partial charge in [-0.25, -0.2) is 4.39 Å². The summed E-state index contributed by atoms with van der Waals surface area (Å²) in [5.74, 6) is -3.93. The van der Waals surface area contributed by atoms with Gasteiger partial charge >= 0.3 is 11.9 Å². The zero-order valence-electron chi connectivity index (χ0n) is 19.8. The minimum absolute atomic E-state index is 0.0131. The van der Waals surface area contributed by atoms with Gasteiger partial charge in [-0.05, 0) is 50.7 Å². The van der Waals surface area contributed by atoms with Crippen LogP contribution >= 0.6 is 0 Å². The van der Waals surface area contributed by atoms with Crippen molar-refractivity contribution < 1.29 is 43.3 Å². The first-order valence-electron chi connectivity index (χ1n) is 11.6. The molecular formula is C25H31FO8. The average Bonchev–Trinajstić information content (AvgIpc) is 2.95. The number of carbonyl (C=O) groups is 4. The van der Waals surface area contributed by atoms with Gasteiger partial charge in [0.1, 0.15) is 6.10 Å². The van der Waals surface area contributed by atoms with Crippen LogP contribution in [0.5, 0.6) is 0 Å². The Bertz CT molecular complexity index is 1020. The molecule has 8 atom stereocenters. The fourth-order valence-corrected chi connectivity index (χ4v) is 7.31. The van der Waals surface area contributed by atoms with Crippen LogP contribution in [-0.2, 0) is 28.7 Å². The Morgan fingerprint density at radius 3 is 2.47 bits per heavy atom. The molecule has 186 valence electrons. The molecule has 0 aliphatic heterocycles. The summed E-state index contributed by atoms with van der Waals surface area (Å²) in [6, 6.07) is 0.